The zero-order valence-corrected chi connectivity index (χ0v) is 16.1. The molecule has 1 aliphatic rings. The second-order valence-corrected chi connectivity index (χ2v) is 8.72. The van der Waals surface area contributed by atoms with E-state index < -0.39 is 15.9 Å². The predicted octanol–water partition coefficient (Wildman–Crippen LogP) is 2.80. The van der Waals surface area contributed by atoms with Gasteiger partial charge in [-0.05, 0) is 43.7 Å². The molecular formula is C20H22N2O4S. The minimum absolute atomic E-state index is 0.00193. The standard InChI is InChI=1S/C20H22N2O4S/c1-15(2)21(14-16-6-4-3-5-7-16)20(24)17-8-10-18(11-9-17)22-19(23)12-13-27(22,25)26/h3-11,15H,12-14H2,1-2H3. The van der Waals surface area contributed by atoms with Crippen LogP contribution in [-0.2, 0) is 21.4 Å². The molecule has 0 aromatic heterocycles. The van der Waals surface area contributed by atoms with Crippen LogP contribution in [0.3, 0.4) is 0 Å². The van der Waals surface area contributed by atoms with E-state index in [-0.39, 0.29) is 29.8 Å². The minimum Gasteiger partial charge on any atom is -0.332 e. The van der Waals surface area contributed by atoms with E-state index in [1.807, 2.05) is 44.2 Å². The van der Waals surface area contributed by atoms with E-state index in [0.717, 1.165) is 9.87 Å². The van der Waals surface area contributed by atoms with Gasteiger partial charge in [-0.1, -0.05) is 30.3 Å². The van der Waals surface area contributed by atoms with E-state index >= 15 is 0 Å². The highest BCUT2D eigenvalue weighted by Crippen LogP contribution is 2.26. The number of rotatable bonds is 5. The number of anilines is 1. The van der Waals surface area contributed by atoms with E-state index in [1.54, 1.807) is 17.0 Å². The molecule has 1 heterocycles. The van der Waals surface area contributed by atoms with Crippen LogP contribution in [-0.4, -0.2) is 36.9 Å². The fourth-order valence-corrected chi connectivity index (χ4v) is 4.50. The first-order valence-corrected chi connectivity index (χ1v) is 10.4. The molecule has 27 heavy (non-hydrogen) atoms. The SMILES string of the molecule is CC(C)N(Cc1ccccc1)C(=O)c1ccc(N2C(=O)CCS2(=O)=O)cc1. The molecular weight excluding hydrogens is 364 g/mol. The lowest BCUT2D eigenvalue weighted by molar-refractivity contribution is -0.116. The maximum Gasteiger partial charge on any atom is 0.254 e. The summed E-state index contributed by atoms with van der Waals surface area (Å²) in [4.78, 5) is 26.6. The first-order valence-electron chi connectivity index (χ1n) is 8.80. The van der Waals surface area contributed by atoms with Gasteiger partial charge in [0, 0.05) is 24.6 Å². The van der Waals surface area contributed by atoms with Crippen LogP contribution >= 0.6 is 0 Å². The molecule has 142 valence electrons. The van der Waals surface area contributed by atoms with Crippen molar-refractivity contribution in [3.63, 3.8) is 0 Å². The molecule has 1 fully saturated rings. The van der Waals surface area contributed by atoms with Crippen LogP contribution in [0.1, 0.15) is 36.2 Å². The highest BCUT2D eigenvalue weighted by atomic mass is 32.2. The van der Waals surface area contributed by atoms with Crippen LogP contribution in [0.4, 0.5) is 5.69 Å². The van der Waals surface area contributed by atoms with Gasteiger partial charge in [0.15, 0.2) is 0 Å². The first-order chi connectivity index (χ1) is 12.8. The van der Waals surface area contributed by atoms with Crippen molar-refractivity contribution in [3.05, 3.63) is 65.7 Å². The lowest BCUT2D eigenvalue weighted by atomic mass is 10.1. The molecule has 0 aliphatic carbocycles. The van der Waals surface area contributed by atoms with E-state index in [2.05, 4.69) is 0 Å². The van der Waals surface area contributed by atoms with E-state index in [9.17, 15) is 18.0 Å². The van der Waals surface area contributed by atoms with Gasteiger partial charge < -0.3 is 4.90 Å². The van der Waals surface area contributed by atoms with Crippen molar-refractivity contribution < 1.29 is 18.0 Å². The van der Waals surface area contributed by atoms with Gasteiger partial charge in [-0.25, -0.2) is 12.7 Å². The Balaban J connectivity index is 1.82. The Morgan fingerprint density at radius 3 is 2.22 bits per heavy atom. The van der Waals surface area contributed by atoms with Crippen LogP contribution < -0.4 is 4.31 Å². The topological polar surface area (TPSA) is 74.8 Å². The summed E-state index contributed by atoms with van der Waals surface area (Å²) in [5.41, 5.74) is 1.76. The Kier molecular flexibility index (Phi) is 5.32. The van der Waals surface area contributed by atoms with Gasteiger partial charge in [0.25, 0.3) is 5.91 Å². The van der Waals surface area contributed by atoms with Gasteiger partial charge in [0.05, 0.1) is 11.4 Å². The van der Waals surface area contributed by atoms with Crippen molar-refractivity contribution in [2.45, 2.75) is 32.9 Å². The van der Waals surface area contributed by atoms with Crippen molar-refractivity contribution in [3.8, 4) is 0 Å². The van der Waals surface area contributed by atoms with Crippen LogP contribution in [0.2, 0.25) is 0 Å². The highest BCUT2D eigenvalue weighted by Gasteiger charge is 2.36. The maximum absolute atomic E-state index is 12.9. The number of amides is 2. The second-order valence-electron chi connectivity index (χ2n) is 6.78. The van der Waals surface area contributed by atoms with Crippen molar-refractivity contribution in [1.29, 1.82) is 0 Å². The zero-order chi connectivity index (χ0) is 19.6. The Morgan fingerprint density at radius 2 is 1.70 bits per heavy atom. The Hall–Kier alpha value is -2.67. The van der Waals surface area contributed by atoms with Gasteiger partial charge in [-0.2, -0.15) is 0 Å². The third-order valence-corrected chi connectivity index (χ3v) is 6.20. The van der Waals surface area contributed by atoms with Crippen molar-refractivity contribution in [2.24, 2.45) is 0 Å². The molecule has 2 aromatic rings. The summed E-state index contributed by atoms with van der Waals surface area (Å²) < 4.78 is 24.9. The molecule has 7 heteroatoms. The van der Waals surface area contributed by atoms with Crippen LogP contribution in [0.5, 0.6) is 0 Å². The van der Waals surface area contributed by atoms with E-state index in [1.165, 1.54) is 12.1 Å². The summed E-state index contributed by atoms with van der Waals surface area (Å²) in [7, 11) is -3.60. The molecule has 6 nitrogen and oxygen atoms in total. The van der Waals surface area contributed by atoms with Gasteiger partial charge in [-0.3, -0.25) is 9.59 Å². The van der Waals surface area contributed by atoms with Gasteiger partial charge in [0.1, 0.15) is 0 Å². The number of hydrogen-bond donors (Lipinski definition) is 0. The van der Waals surface area contributed by atoms with Crippen LogP contribution in [0.15, 0.2) is 54.6 Å². The van der Waals surface area contributed by atoms with Gasteiger partial charge in [0.2, 0.25) is 15.9 Å². The smallest absolute Gasteiger partial charge is 0.254 e. The lowest BCUT2D eigenvalue weighted by Gasteiger charge is -2.27. The molecule has 1 aliphatic heterocycles. The number of sulfonamides is 1. The molecule has 0 bridgehead atoms. The van der Waals surface area contributed by atoms with Gasteiger partial charge >= 0.3 is 0 Å². The summed E-state index contributed by atoms with van der Waals surface area (Å²) in [5, 5.41) is 0. The third kappa shape index (κ3) is 4.03. The number of benzene rings is 2. The molecule has 1 saturated heterocycles. The van der Waals surface area contributed by atoms with Crippen LogP contribution in [0, 0.1) is 0 Å². The average Bonchev–Trinajstić information content (AvgIpc) is 2.92. The molecule has 0 unspecified atom stereocenters. The monoisotopic (exact) mass is 386 g/mol. The van der Waals surface area contributed by atoms with Gasteiger partial charge in [-0.15, -0.1) is 0 Å². The second kappa shape index (κ2) is 7.52. The van der Waals surface area contributed by atoms with E-state index in [4.69, 9.17) is 0 Å². The molecule has 0 N–H and O–H groups in total. The fourth-order valence-electron chi connectivity index (χ4n) is 3.04. The minimum atomic E-state index is -3.60. The van der Waals surface area contributed by atoms with Crippen molar-refractivity contribution in [2.75, 3.05) is 10.1 Å². The van der Waals surface area contributed by atoms with Crippen molar-refractivity contribution in [1.82, 2.24) is 4.90 Å². The molecule has 2 amide bonds. The van der Waals surface area contributed by atoms with Crippen molar-refractivity contribution >= 4 is 27.5 Å². The summed E-state index contributed by atoms with van der Waals surface area (Å²) in [5.74, 6) is -0.761. The summed E-state index contributed by atoms with van der Waals surface area (Å²) in [6.07, 6.45) is -0.0127. The molecule has 0 radical (unpaired) electrons. The average molecular weight is 386 g/mol. The maximum atomic E-state index is 12.9. The molecule has 3 rings (SSSR count). The molecule has 0 saturated carbocycles. The number of carbonyl (C=O) groups excluding carboxylic acids is 2. The molecule has 0 spiro atoms. The van der Waals surface area contributed by atoms with E-state index in [0.29, 0.717) is 12.1 Å². The lowest BCUT2D eigenvalue weighted by Crippen LogP contribution is -2.36. The largest absolute Gasteiger partial charge is 0.332 e. The summed E-state index contributed by atoms with van der Waals surface area (Å²) in [6, 6.07) is 15.9. The Morgan fingerprint density at radius 1 is 1.07 bits per heavy atom. The number of nitrogens with zero attached hydrogens (tertiary/aromatic N) is 2. The zero-order valence-electron chi connectivity index (χ0n) is 15.3. The fraction of sp³-hybridized carbons (Fsp3) is 0.300. The molecule has 2 aromatic carbocycles. The first kappa shape index (κ1) is 19.1. The number of hydrogen-bond acceptors (Lipinski definition) is 4. The predicted molar refractivity (Wildman–Crippen MR) is 104 cm³/mol. The van der Waals surface area contributed by atoms with Crippen LogP contribution in [0.25, 0.3) is 0 Å². The highest BCUT2D eigenvalue weighted by molar-refractivity contribution is 7.94. The summed E-state index contributed by atoms with van der Waals surface area (Å²) >= 11 is 0. The quantitative estimate of drug-likeness (QED) is 0.792. The Bertz CT molecular complexity index is 938. The normalized spacial score (nSPS) is 16.0. The Labute approximate surface area is 159 Å². The molecule has 0 atom stereocenters. The summed E-state index contributed by atoms with van der Waals surface area (Å²) in [6.45, 7) is 4.38. The number of carbonyl (C=O) groups is 2. The third-order valence-electron chi connectivity index (χ3n) is 4.51.